The van der Waals surface area contributed by atoms with Crippen LogP contribution in [0, 0.1) is 0 Å². The Morgan fingerprint density at radius 1 is 1.29 bits per heavy atom. The molecule has 0 saturated carbocycles. The first-order valence-corrected chi connectivity index (χ1v) is 5.73. The number of hydrogen-bond acceptors (Lipinski definition) is 3. The topological polar surface area (TPSA) is 68.0 Å². The number of rotatable bonds is 2. The molecule has 5 heteroatoms. The second-order valence-corrected chi connectivity index (χ2v) is 4.26. The fourth-order valence-electron chi connectivity index (χ4n) is 1.31. The van der Waals surface area contributed by atoms with Gasteiger partial charge in [0.05, 0.1) is 0 Å². The second kappa shape index (κ2) is 4.97. The molecule has 0 spiro atoms. The van der Waals surface area contributed by atoms with Gasteiger partial charge < -0.3 is 11.1 Å². The van der Waals surface area contributed by atoms with E-state index in [1.54, 1.807) is 42.6 Å². The van der Waals surface area contributed by atoms with Crippen LogP contribution in [0.1, 0.15) is 10.4 Å². The van der Waals surface area contributed by atoms with Gasteiger partial charge >= 0.3 is 0 Å². The third-order valence-corrected chi connectivity index (χ3v) is 2.89. The molecular weight excluding hydrogens is 282 g/mol. The summed E-state index contributed by atoms with van der Waals surface area (Å²) in [5.74, 6) is 0.280. The van der Waals surface area contributed by atoms with Crippen molar-refractivity contribution in [3.05, 3.63) is 52.6 Å². The Morgan fingerprint density at radius 2 is 2.12 bits per heavy atom. The summed E-state index contributed by atoms with van der Waals surface area (Å²) in [5, 5.41) is 2.68. The van der Waals surface area contributed by atoms with Gasteiger partial charge in [0.2, 0.25) is 0 Å². The van der Waals surface area contributed by atoms with E-state index in [0.29, 0.717) is 17.1 Å². The van der Waals surface area contributed by atoms with Crippen LogP contribution in [-0.4, -0.2) is 10.9 Å². The van der Waals surface area contributed by atoms with Crippen molar-refractivity contribution in [3.8, 4) is 0 Å². The van der Waals surface area contributed by atoms with Crippen LogP contribution in [-0.2, 0) is 0 Å². The third-order valence-electron chi connectivity index (χ3n) is 2.16. The Labute approximate surface area is 107 Å². The molecule has 1 heterocycles. The van der Waals surface area contributed by atoms with Crippen molar-refractivity contribution in [1.82, 2.24) is 4.98 Å². The molecule has 0 atom stereocenters. The maximum atomic E-state index is 11.9. The highest BCUT2D eigenvalue weighted by atomic mass is 79.9. The minimum atomic E-state index is -0.233. The quantitative estimate of drug-likeness (QED) is 0.836. The van der Waals surface area contributed by atoms with Gasteiger partial charge in [-0.2, -0.15) is 0 Å². The maximum Gasteiger partial charge on any atom is 0.256 e. The van der Waals surface area contributed by atoms with Crippen molar-refractivity contribution in [1.29, 1.82) is 0 Å². The van der Waals surface area contributed by atoms with Gasteiger partial charge in [0.25, 0.3) is 5.91 Å². The minimum absolute atomic E-state index is 0.233. The van der Waals surface area contributed by atoms with Gasteiger partial charge in [0, 0.05) is 21.9 Å². The van der Waals surface area contributed by atoms with Crippen LogP contribution in [0.3, 0.4) is 0 Å². The Balaban J connectivity index is 2.18. The first kappa shape index (κ1) is 11.6. The molecule has 0 aliphatic rings. The molecule has 0 saturated heterocycles. The first-order valence-electron chi connectivity index (χ1n) is 4.94. The number of halogens is 1. The van der Waals surface area contributed by atoms with Crippen LogP contribution in [0.2, 0.25) is 0 Å². The molecule has 0 aliphatic carbocycles. The summed E-state index contributed by atoms with van der Waals surface area (Å²) in [6.45, 7) is 0. The van der Waals surface area contributed by atoms with Crippen molar-refractivity contribution >= 4 is 33.3 Å². The third kappa shape index (κ3) is 2.82. The fraction of sp³-hybridized carbons (Fsp3) is 0. The number of nitrogens with two attached hydrogens (primary N) is 1. The van der Waals surface area contributed by atoms with Crippen molar-refractivity contribution in [3.63, 3.8) is 0 Å². The number of carbonyl (C=O) groups is 1. The molecule has 3 N–H and O–H groups in total. The summed E-state index contributed by atoms with van der Waals surface area (Å²) < 4.78 is 0.770. The van der Waals surface area contributed by atoms with E-state index >= 15 is 0 Å². The monoisotopic (exact) mass is 291 g/mol. The lowest BCUT2D eigenvalue weighted by atomic mass is 10.2. The summed E-state index contributed by atoms with van der Waals surface area (Å²) in [5.41, 5.74) is 6.73. The average molecular weight is 292 g/mol. The van der Waals surface area contributed by atoms with E-state index in [0.717, 1.165) is 4.47 Å². The van der Waals surface area contributed by atoms with Gasteiger partial charge in [-0.05, 0) is 46.3 Å². The van der Waals surface area contributed by atoms with E-state index in [1.807, 2.05) is 0 Å². The normalized spacial score (nSPS) is 9.94. The first-order chi connectivity index (χ1) is 8.16. The number of amides is 1. The molecule has 4 nitrogen and oxygen atoms in total. The molecule has 1 amide bonds. The van der Waals surface area contributed by atoms with E-state index in [2.05, 4.69) is 26.2 Å². The number of nitrogens with zero attached hydrogens (tertiary/aromatic N) is 1. The lowest BCUT2D eigenvalue weighted by molar-refractivity contribution is 0.102. The highest BCUT2D eigenvalue weighted by Crippen LogP contribution is 2.20. The van der Waals surface area contributed by atoms with Crippen LogP contribution >= 0.6 is 15.9 Å². The molecule has 1 aromatic heterocycles. The van der Waals surface area contributed by atoms with Crippen LogP contribution in [0.15, 0.2) is 47.1 Å². The average Bonchev–Trinajstić information content (AvgIpc) is 2.34. The predicted octanol–water partition coefficient (Wildman–Crippen LogP) is 2.68. The molecular formula is C12H10BrN3O. The Morgan fingerprint density at radius 3 is 2.76 bits per heavy atom. The van der Waals surface area contributed by atoms with Crippen molar-refractivity contribution in [2.24, 2.45) is 0 Å². The van der Waals surface area contributed by atoms with Crippen LogP contribution < -0.4 is 11.1 Å². The van der Waals surface area contributed by atoms with Gasteiger partial charge in [-0.1, -0.05) is 6.07 Å². The minimum Gasteiger partial charge on any atom is -0.398 e. The van der Waals surface area contributed by atoms with Gasteiger partial charge in [-0.25, -0.2) is 4.98 Å². The van der Waals surface area contributed by atoms with Gasteiger partial charge in [-0.15, -0.1) is 0 Å². The van der Waals surface area contributed by atoms with Crippen molar-refractivity contribution in [2.45, 2.75) is 0 Å². The molecule has 0 fully saturated rings. The molecule has 86 valence electrons. The highest BCUT2D eigenvalue weighted by Gasteiger charge is 2.07. The van der Waals surface area contributed by atoms with Crippen LogP contribution in [0.5, 0.6) is 0 Å². The Hall–Kier alpha value is -1.88. The Kier molecular flexibility index (Phi) is 3.39. The van der Waals surface area contributed by atoms with Gasteiger partial charge in [-0.3, -0.25) is 4.79 Å². The molecule has 0 unspecified atom stereocenters. The summed E-state index contributed by atoms with van der Waals surface area (Å²) in [6.07, 6.45) is 1.62. The molecule has 0 bridgehead atoms. The highest BCUT2D eigenvalue weighted by molar-refractivity contribution is 9.10. The van der Waals surface area contributed by atoms with E-state index < -0.39 is 0 Å². The van der Waals surface area contributed by atoms with Crippen molar-refractivity contribution < 1.29 is 4.79 Å². The lowest BCUT2D eigenvalue weighted by Gasteiger charge is -2.05. The zero-order valence-corrected chi connectivity index (χ0v) is 10.4. The zero-order chi connectivity index (χ0) is 12.3. The van der Waals surface area contributed by atoms with E-state index in [1.165, 1.54) is 0 Å². The predicted molar refractivity (Wildman–Crippen MR) is 70.7 cm³/mol. The lowest BCUT2D eigenvalue weighted by Crippen LogP contribution is -2.13. The summed E-state index contributed by atoms with van der Waals surface area (Å²) in [6, 6.07) is 10.4. The van der Waals surface area contributed by atoms with Gasteiger partial charge in [0.15, 0.2) is 0 Å². The number of pyridine rings is 1. The maximum absolute atomic E-state index is 11.9. The van der Waals surface area contributed by atoms with Crippen LogP contribution in [0.4, 0.5) is 11.5 Å². The van der Waals surface area contributed by atoms with Crippen LogP contribution in [0.25, 0.3) is 0 Å². The van der Waals surface area contributed by atoms with E-state index in [4.69, 9.17) is 5.73 Å². The number of carbonyl (C=O) groups excluding carboxylic acids is 1. The number of aromatic nitrogens is 1. The Bertz CT molecular complexity index is 543. The number of nitrogen functional groups attached to an aromatic ring is 1. The summed E-state index contributed by atoms with van der Waals surface area (Å²) in [4.78, 5) is 15.9. The SMILES string of the molecule is Nc1cc(C(=O)Nc2ccccn2)ccc1Br. The van der Waals surface area contributed by atoms with E-state index in [9.17, 15) is 4.79 Å². The molecule has 2 aromatic rings. The van der Waals surface area contributed by atoms with Crippen molar-refractivity contribution in [2.75, 3.05) is 11.1 Å². The molecule has 2 rings (SSSR count). The van der Waals surface area contributed by atoms with E-state index in [-0.39, 0.29) is 5.91 Å². The number of hydrogen-bond donors (Lipinski definition) is 2. The largest absolute Gasteiger partial charge is 0.398 e. The standard InChI is InChI=1S/C12H10BrN3O/c13-9-5-4-8(7-10(9)14)12(17)16-11-3-1-2-6-15-11/h1-7H,14H2,(H,15,16,17). The van der Waals surface area contributed by atoms with Gasteiger partial charge in [0.1, 0.15) is 5.82 Å². The number of anilines is 2. The summed E-state index contributed by atoms with van der Waals surface area (Å²) >= 11 is 3.28. The molecule has 0 aliphatic heterocycles. The zero-order valence-electron chi connectivity index (χ0n) is 8.85. The molecule has 17 heavy (non-hydrogen) atoms. The molecule has 0 radical (unpaired) electrons. The summed E-state index contributed by atoms with van der Waals surface area (Å²) in [7, 11) is 0. The smallest absolute Gasteiger partial charge is 0.256 e. The number of nitrogens with one attached hydrogen (secondary N) is 1. The molecule has 1 aromatic carbocycles. The fourth-order valence-corrected chi connectivity index (χ4v) is 1.56. The number of benzene rings is 1. The second-order valence-electron chi connectivity index (χ2n) is 3.41.